The third-order valence-corrected chi connectivity index (χ3v) is 7.46. The summed E-state index contributed by atoms with van der Waals surface area (Å²) in [4.78, 5) is 45.7. The van der Waals surface area contributed by atoms with Gasteiger partial charge in [-0.3, -0.25) is 24.1 Å². The Labute approximate surface area is 212 Å². The van der Waals surface area contributed by atoms with Crippen molar-refractivity contribution in [2.45, 2.75) is 31.0 Å². The second-order valence-electron chi connectivity index (χ2n) is 9.72. The molecule has 0 aromatic heterocycles. The average molecular weight is 518 g/mol. The SMILES string of the molecule is COCCONCc1ccc(O)c2c1C[C@H]1C[C@H]3[C@H](N(C)C)C(=O)C(C(N)=O)=C(O)[C@@]3(O)C(=O)C1=C2O. The number of phenolic OH excluding ortho intramolecular Hbond substituents is 1. The number of aromatic hydroxyl groups is 1. The molecule has 12 heteroatoms. The summed E-state index contributed by atoms with van der Waals surface area (Å²) >= 11 is 0. The first-order valence-corrected chi connectivity index (χ1v) is 11.8. The fourth-order valence-corrected chi connectivity index (χ4v) is 5.80. The minimum absolute atomic E-state index is 0.0264. The van der Waals surface area contributed by atoms with Crippen LogP contribution in [0.3, 0.4) is 0 Å². The number of hydrogen-bond acceptors (Lipinski definition) is 11. The van der Waals surface area contributed by atoms with Gasteiger partial charge in [0, 0.05) is 25.1 Å². The number of ether oxygens (including phenoxy) is 1. The van der Waals surface area contributed by atoms with Crippen LogP contribution < -0.4 is 11.2 Å². The van der Waals surface area contributed by atoms with Crippen LogP contribution in [0, 0.1) is 11.8 Å². The maximum absolute atomic E-state index is 13.8. The smallest absolute Gasteiger partial charge is 0.255 e. The van der Waals surface area contributed by atoms with E-state index in [-0.39, 0.29) is 36.3 Å². The molecule has 3 aliphatic rings. The Morgan fingerprint density at radius 2 is 1.92 bits per heavy atom. The van der Waals surface area contributed by atoms with Crippen molar-refractivity contribution in [2.24, 2.45) is 17.6 Å². The van der Waals surface area contributed by atoms with Crippen molar-refractivity contribution in [2.75, 3.05) is 34.4 Å². The zero-order valence-electron chi connectivity index (χ0n) is 20.8. The van der Waals surface area contributed by atoms with Gasteiger partial charge in [0.05, 0.1) is 24.8 Å². The number of primary amides is 1. The van der Waals surface area contributed by atoms with Gasteiger partial charge in [-0.05, 0) is 50.0 Å². The lowest BCUT2D eigenvalue weighted by atomic mass is 9.57. The highest BCUT2D eigenvalue weighted by Gasteiger charge is 2.64. The number of phenols is 1. The molecule has 0 heterocycles. The summed E-state index contributed by atoms with van der Waals surface area (Å²) < 4.78 is 4.93. The Balaban J connectivity index is 1.82. The lowest BCUT2D eigenvalue weighted by Gasteiger charge is -2.50. The van der Waals surface area contributed by atoms with E-state index in [0.717, 1.165) is 0 Å². The summed E-state index contributed by atoms with van der Waals surface area (Å²) in [6.07, 6.45) is 0.233. The Kier molecular flexibility index (Phi) is 7.14. The quantitative estimate of drug-likeness (QED) is 0.150. The molecule has 3 aliphatic carbocycles. The number of nitrogens with two attached hydrogens (primary N) is 1. The van der Waals surface area contributed by atoms with Crippen LogP contribution in [0.1, 0.15) is 23.1 Å². The van der Waals surface area contributed by atoms with Gasteiger partial charge < -0.3 is 30.9 Å². The minimum atomic E-state index is -2.66. The van der Waals surface area contributed by atoms with Crippen molar-refractivity contribution in [3.63, 3.8) is 0 Å². The van der Waals surface area contributed by atoms with E-state index in [1.165, 1.54) is 11.0 Å². The highest BCUT2D eigenvalue weighted by atomic mass is 16.7. The molecule has 1 aromatic carbocycles. The molecule has 0 bridgehead atoms. The third kappa shape index (κ3) is 4.10. The van der Waals surface area contributed by atoms with Crippen LogP contribution >= 0.6 is 0 Å². The molecule has 1 fully saturated rings. The summed E-state index contributed by atoms with van der Waals surface area (Å²) in [7, 11) is 4.65. The number of aliphatic hydroxyl groups excluding tert-OH is 2. The Hall–Kier alpha value is -3.29. The first kappa shape index (κ1) is 26.8. The van der Waals surface area contributed by atoms with Gasteiger partial charge in [0.15, 0.2) is 11.4 Å². The third-order valence-electron chi connectivity index (χ3n) is 7.46. The number of hydrogen-bond donors (Lipinski definition) is 6. The first-order valence-electron chi connectivity index (χ1n) is 11.8. The predicted octanol–water partition coefficient (Wildman–Crippen LogP) is -0.368. The number of likely N-dealkylation sites (N-methyl/N-ethyl adjacent to an activating group) is 1. The number of fused-ring (bicyclic) bond motifs is 3. The van der Waals surface area contributed by atoms with E-state index < -0.39 is 58.0 Å². The topological polar surface area (TPSA) is 192 Å². The maximum Gasteiger partial charge on any atom is 0.255 e. The summed E-state index contributed by atoms with van der Waals surface area (Å²) in [6, 6.07) is 1.91. The number of carbonyl (C=O) groups is 3. The minimum Gasteiger partial charge on any atom is -0.508 e. The Bertz CT molecular complexity index is 1220. The molecule has 4 rings (SSSR count). The van der Waals surface area contributed by atoms with Gasteiger partial charge in [-0.2, -0.15) is 5.48 Å². The van der Waals surface area contributed by atoms with E-state index in [1.807, 2.05) is 0 Å². The summed E-state index contributed by atoms with van der Waals surface area (Å²) in [5, 5.41) is 44.3. The molecular weight excluding hydrogens is 486 g/mol. The van der Waals surface area contributed by atoms with E-state index in [2.05, 4.69) is 5.48 Å². The maximum atomic E-state index is 13.8. The predicted molar refractivity (Wildman–Crippen MR) is 129 cm³/mol. The molecule has 200 valence electrons. The number of ketones is 2. The lowest BCUT2D eigenvalue weighted by Crippen LogP contribution is -2.65. The van der Waals surface area contributed by atoms with E-state index in [0.29, 0.717) is 24.3 Å². The summed E-state index contributed by atoms with van der Waals surface area (Å²) in [5.41, 5.74) is 5.75. The molecule has 7 N–H and O–H groups in total. The standard InChI is InChI=1S/C25H31N3O9/c1-28(2)19-14-9-12-8-13-11(10-27-37-7-6-36-3)4-5-15(29)17(13)20(30)16(12)22(32)25(14,35)23(33)18(21(19)31)24(26)34/h4-5,12,14,19,27,29-30,33,35H,6-10H2,1-3H3,(H2,26,34)/t12-,14-,19-,25-/m0/s1. The van der Waals surface area contributed by atoms with Crippen molar-refractivity contribution in [3.05, 3.63) is 45.7 Å². The summed E-state index contributed by atoms with van der Waals surface area (Å²) in [5.74, 6) is -6.78. The monoisotopic (exact) mass is 517 g/mol. The molecule has 1 aromatic rings. The van der Waals surface area contributed by atoms with Crippen molar-refractivity contribution < 1.29 is 44.4 Å². The van der Waals surface area contributed by atoms with Gasteiger partial charge in [0.2, 0.25) is 5.78 Å². The number of amides is 1. The zero-order chi connectivity index (χ0) is 27.2. The second-order valence-corrected chi connectivity index (χ2v) is 9.72. The zero-order valence-corrected chi connectivity index (χ0v) is 20.8. The molecule has 0 spiro atoms. The van der Waals surface area contributed by atoms with E-state index >= 15 is 0 Å². The van der Waals surface area contributed by atoms with Gasteiger partial charge in [-0.1, -0.05) is 6.07 Å². The number of rotatable bonds is 8. The number of benzene rings is 1. The molecular formula is C25H31N3O9. The first-order chi connectivity index (χ1) is 17.5. The van der Waals surface area contributed by atoms with Gasteiger partial charge in [-0.25, -0.2) is 0 Å². The molecule has 1 saturated carbocycles. The highest BCUT2D eigenvalue weighted by molar-refractivity contribution is 6.24. The molecule has 4 atom stereocenters. The lowest BCUT2D eigenvalue weighted by molar-refractivity contribution is -0.153. The molecule has 0 saturated heterocycles. The number of hydroxylamine groups is 1. The van der Waals surface area contributed by atoms with Crippen molar-refractivity contribution in [3.8, 4) is 5.75 Å². The van der Waals surface area contributed by atoms with E-state index in [4.69, 9.17) is 15.3 Å². The normalized spacial score (nSPS) is 27.3. The Morgan fingerprint density at radius 3 is 2.54 bits per heavy atom. The number of nitrogens with one attached hydrogen (secondary N) is 1. The fourth-order valence-electron chi connectivity index (χ4n) is 5.80. The molecule has 37 heavy (non-hydrogen) atoms. The van der Waals surface area contributed by atoms with Crippen LogP contribution in [0.25, 0.3) is 5.76 Å². The number of methoxy groups -OCH3 is 1. The Morgan fingerprint density at radius 1 is 1.22 bits per heavy atom. The van der Waals surface area contributed by atoms with Crippen LogP contribution in [0.5, 0.6) is 5.75 Å². The van der Waals surface area contributed by atoms with E-state index in [1.54, 1.807) is 27.3 Å². The van der Waals surface area contributed by atoms with Crippen LogP contribution in [-0.4, -0.2) is 88.9 Å². The van der Waals surface area contributed by atoms with Crippen LogP contribution in [0.15, 0.2) is 29.0 Å². The van der Waals surface area contributed by atoms with Gasteiger partial charge in [0.1, 0.15) is 22.8 Å². The fraction of sp³-hybridized carbons (Fsp3) is 0.480. The van der Waals surface area contributed by atoms with Crippen LogP contribution in [0.2, 0.25) is 0 Å². The molecule has 0 radical (unpaired) electrons. The molecule has 1 amide bonds. The summed E-state index contributed by atoms with van der Waals surface area (Å²) in [6.45, 7) is 0.910. The number of nitrogens with zero attached hydrogens (tertiary/aromatic N) is 1. The highest BCUT2D eigenvalue weighted by Crippen LogP contribution is 2.52. The van der Waals surface area contributed by atoms with Crippen molar-refractivity contribution in [1.82, 2.24) is 10.4 Å². The molecule has 0 aliphatic heterocycles. The molecule has 0 unspecified atom stereocenters. The number of carbonyl (C=O) groups excluding carboxylic acids is 3. The number of aliphatic hydroxyl groups is 3. The number of Topliss-reactive ketones (excluding diaryl/α,β-unsaturated/α-hetero) is 2. The van der Waals surface area contributed by atoms with E-state index in [9.17, 15) is 34.8 Å². The van der Waals surface area contributed by atoms with Crippen LogP contribution in [-0.2, 0) is 36.9 Å². The van der Waals surface area contributed by atoms with Crippen LogP contribution in [0.4, 0.5) is 0 Å². The van der Waals surface area contributed by atoms with Crippen molar-refractivity contribution >= 4 is 23.2 Å². The van der Waals surface area contributed by atoms with Crippen molar-refractivity contribution in [1.29, 1.82) is 0 Å². The van der Waals surface area contributed by atoms with Gasteiger partial charge in [0.25, 0.3) is 5.91 Å². The van der Waals surface area contributed by atoms with Gasteiger partial charge >= 0.3 is 0 Å². The average Bonchev–Trinajstić information content (AvgIpc) is 2.82. The van der Waals surface area contributed by atoms with Gasteiger partial charge in [-0.15, -0.1) is 0 Å². The molecule has 12 nitrogen and oxygen atoms in total. The second kappa shape index (κ2) is 9.88. The largest absolute Gasteiger partial charge is 0.508 e.